The molecule has 1 aliphatic rings. The van der Waals surface area contributed by atoms with E-state index in [1.807, 2.05) is 20.8 Å². The molecular weight excluding hydrogens is 246 g/mol. The molecule has 0 aromatic heterocycles. The fourth-order valence-corrected chi connectivity index (χ4v) is 2.40. The van der Waals surface area contributed by atoms with Crippen molar-refractivity contribution in [2.75, 3.05) is 6.54 Å². The number of hydrogen-bond donors (Lipinski definition) is 1. The van der Waals surface area contributed by atoms with Gasteiger partial charge in [0, 0.05) is 18.4 Å². The number of aliphatic carboxylic acids is 1. The molecule has 0 spiro atoms. The Bertz CT molecular complexity index is 377. The first kappa shape index (κ1) is 15.7. The topological polar surface area (TPSA) is 74.7 Å². The Balaban J connectivity index is 2.83. The summed E-state index contributed by atoms with van der Waals surface area (Å²) < 4.78 is 0. The van der Waals surface area contributed by atoms with Crippen LogP contribution in [-0.2, 0) is 14.4 Å². The first-order chi connectivity index (χ1) is 8.54. The van der Waals surface area contributed by atoms with Gasteiger partial charge in [0.1, 0.15) is 0 Å². The van der Waals surface area contributed by atoms with Crippen molar-refractivity contribution >= 4 is 17.8 Å². The van der Waals surface area contributed by atoms with Gasteiger partial charge in [0.25, 0.3) is 0 Å². The molecule has 1 saturated heterocycles. The Kier molecular flexibility index (Phi) is 4.38. The van der Waals surface area contributed by atoms with Crippen LogP contribution in [-0.4, -0.2) is 34.3 Å². The number of rotatable bonds is 4. The standard InChI is InChI=1S/C14H23NO4/c1-8-9(2)12(17)15(11(8)16)7-10(13(18)19)6-14(3,4)5/h8-10H,6-7H2,1-5H3,(H,18,19). The molecule has 1 heterocycles. The zero-order valence-corrected chi connectivity index (χ0v) is 12.3. The van der Waals surface area contributed by atoms with Crippen molar-refractivity contribution in [2.45, 2.75) is 41.0 Å². The highest BCUT2D eigenvalue weighted by Gasteiger charge is 2.43. The third-order valence-electron chi connectivity index (χ3n) is 3.67. The number of imide groups is 1. The van der Waals surface area contributed by atoms with Crippen LogP contribution in [0.25, 0.3) is 0 Å². The van der Waals surface area contributed by atoms with E-state index in [1.54, 1.807) is 13.8 Å². The highest BCUT2D eigenvalue weighted by atomic mass is 16.4. The van der Waals surface area contributed by atoms with Crippen molar-refractivity contribution in [1.29, 1.82) is 0 Å². The average Bonchev–Trinajstić information content (AvgIpc) is 2.44. The van der Waals surface area contributed by atoms with Crippen molar-refractivity contribution in [3.05, 3.63) is 0 Å². The van der Waals surface area contributed by atoms with Crippen LogP contribution in [0.15, 0.2) is 0 Å². The number of amides is 2. The number of nitrogens with zero attached hydrogens (tertiary/aromatic N) is 1. The summed E-state index contributed by atoms with van der Waals surface area (Å²) in [5.74, 6) is -2.86. The van der Waals surface area contributed by atoms with E-state index >= 15 is 0 Å². The van der Waals surface area contributed by atoms with Crippen LogP contribution < -0.4 is 0 Å². The monoisotopic (exact) mass is 269 g/mol. The van der Waals surface area contributed by atoms with Gasteiger partial charge >= 0.3 is 5.97 Å². The minimum atomic E-state index is -0.956. The molecule has 1 fully saturated rings. The van der Waals surface area contributed by atoms with E-state index in [9.17, 15) is 19.5 Å². The molecule has 1 aliphatic heterocycles. The van der Waals surface area contributed by atoms with E-state index in [0.717, 1.165) is 4.90 Å². The molecule has 0 saturated carbocycles. The van der Waals surface area contributed by atoms with Crippen LogP contribution in [0.4, 0.5) is 0 Å². The molecule has 0 aliphatic carbocycles. The zero-order chi connectivity index (χ0) is 15.0. The Morgan fingerprint density at radius 3 is 1.95 bits per heavy atom. The highest BCUT2D eigenvalue weighted by Crippen LogP contribution is 2.30. The van der Waals surface area contributed by atoms with E-state index < -0.39 is 11.9 Å². The number of hydrogen-bond acceptors (Lipinski definition) is 3. The number of carboxylic acid groups (broad SMARTS) is 1. The highest BCUT2D eigenvalue weighted by molar-refractivity contribution is 6.04. The van der Waals surface area contributed by atoms with E-state index in [4.69, 9.17) is 0 Å². The number of carbonyl (C=O) groups excluding carboxylic acids is 2. The molecule has 108 valence electrons. The second kappa shape index (κ2) is 5.31. The van der Waals surface area contributed by atoms with E-state index in [0.29, 0.717) is 6.42 Å². The molecule has 0 bridgehead atoms. The lowest BCUT2D eigenvalue weighted by Crippen LogP contribution is -2.39. The van der Waals surface area contributed by atoms with Crippen molar-refractivity contribution in [2.24, 2.45) is 23.2 Å². The molecule has 0 radical (unpaired) electrons. The quantitative estimate of drug-likeness (QED) is 0.789. The molecule has 5 heteroatoms. The van der Waals surface area contributed by atoms with Crippen LogP contribution in [0.1, 0.15) is 41.0 Å². The Hall–Kier alpha value is -1.39. The van der Waals surface area contributed by atoms with Crippen LogP contribution in [0.5, 0.6) is 0 Å². The van der Waals surface area contributed by atoms with Gasteiger partial charge in [0.05, 0.1) is 5.92 Å². The zero-order valence-electron chi connectivity index (χ0n) is 12.3. The number of likely N-dealkylation sites (tertiary alicyclic amines) is 1. The Morgan fingerprint density at radius 1 is 1.21 bits per heavy atom. The van der Waals surface area contributed by atoms with Crippen molar-refractivity contribution in [3.8, 4) is 0 Å². The maximum Gasteiger partial charge on any atom is 0.308 e. The Morgan fingerprint density at radius 2 is 1.63 bits per heavy atom. The summed E-state index contributed by atoms with van der Waals surface area (Å²) in [6.07, 6.45) is 0.433. The second-order valence-electron chi connectivity index (χ2n) is 6.66. The van der Waals surface area contributed by atoms with Gasteiger partial charge < -0.3 is 5.11 Å². The van der Waals surface area contributed by atoms with Gasteiger partial charge in [-0.1, -0.05) is 34.6 Å². The molecule has 0 aromatic rings. The summed E-state index contributed by atoms with van der Waals surface area (Å²) >= 11 is 0. The van der Waals surface area contributed by atoms with Crippen molar-refractivity contribution in [1.82, 2.24) is 4.90 Å². The predicted octanol–water partition coefficient (Wildman–Crippen LogP) is 1.76. The molecule has 1 rings (SSSR count). The summed E-state index contributed by atoms with van der Waals surface area (Å²) in [5, 5.41) is 9.25. The van der Waals surface area contributed by atoms with Gasteiger partial charge in [-0.3, -0.25) is 19.3 Å². The molecule has 3 unspecified atom stereocenters. The summed E-state index contributed by atoms with van der Waals surface area (Å²) in [4.78, 5) is 36.3. The molecule has 0 aromatic carbocycles. The fraction of sp³-hybridized carbons (Fsp3) is 0.786. The van der Waals surface area contributed by atoms with Gasteiger partial charge in [-0.05, 0) is 11.8 Å². The second-order valence-corrected chi connectivity index (χ2v) is 6.66. The summed E-state index contributed by atoms with van der Waals surface area (Å²) in [6.45, 7) is 9.25. The summed E-state index contributed by atoms with van der Waals surface area (Å²) in [6, 6.07) is 0. The molecule has 1 N–H and O–H groups in total. The summed E-state index contributed by atoms with van der Waals surface area (Å²) in [7, 11) is 0. The largest absolute Gasteiger partial charge is 0.481 e. The van der Waals surface area contributed by atoms with E-state index in [2.05, 4.69) is 0 Å². The lowest BCUT2D eigenvalue weighted by Gasteiger charge is -2.26. The molecule has 19 heavy (non-hydrogen) atoms. The number of carbonyl (C=O) groups is 3. The van der Waals surface area contributed by atoms with Crippen LogP contribution in [0.2, 0.25) is 0 Å². The average molecular weight is 269 g/mol. The normalized spacial score (nSPS) is 25.8. The van der Waals surface area contributed by atoms with Gasteiger partial charge in [-0.2, -0.15) is 0 Å². The minimum Gasteiger partial charge on any atom is -0.481 e. The third kappa shape index (κ3) is 3.55. The van der Waals surface area contributed by atoms with Crippen LogP contribution >= 0.6 is 0 Å². The molecular formula is C14H23NO4. The van der Waals surface area contributed by atoms with E-state index in [-0.39, 0.29) is 35.6 Å². The smallest absolute Gasteiger partial charge is 0.308 e. The van der Waals surface area contributed by atoms with Crippen LogP contribution in [0.3, 0.4) is 0 Å². The summed E-state index contributed by atoms with van der Waals surface area (Å²) in [5.41, 5.74) is -0.161. The van der Waals surface area contributed by atoms with Gasteiger partial charge in [0.2, 0.25) is 11.8 Å². The lowest BCUT2D eigenvalue weighted by atomic mass is 9.84. The molecule has 3 atom stereocenters. The SMILES string of the molecule is CC1C(=O)N(CC(CC(C)(C)C)C(=O)O)C(=O)C1C. The van der Waals surface area contributed by atoms with E-state index in [1.165, 1.54) is 0 Å². The first-order valence-electron chi connectivity index (χ1n) is 6.62. The lowest BCUT2D eigenvalue weighted by molar-refractivity contribution is -0.147. The van der Waals surface area contributed by atoms with Crippen LogP contribution in [0, 0.1) is 23.2 Å². The Labute approximate surface area is 114 Å². The molecule has 2 amide bonds. The first-order valence-corrected chi connectivity index (χ1v) is 6.62. The third-order valence-corrected chi connectivity index (χ3v) is 3.67. The maximum atomic E-state index is 12.0. The number of carboxylic acids is 1. The van der Waals surface area contributed by atoms with Gasteiger partial charge in [-0.25, -0.2) is 0 Å². The fourth-order valence-electron chi connectivity index (χ4n) is 2.40. The van der Waals surface area contributed by atoms with Gasteiger partial charge in [0.15, 0.2) is 0 Å². The van der Waals surface area contributed by atoms with Crippen molar-refractivity contribution < 1.29 is 19.5 Å². The maximum absolute atomic E-state index is 12.0. The van der Waals surface area contributed by atoms with Gasteiger partial charge in [-0.15, -0.1) is 0 Å². The van der Waals surface area contributed by atoms with Crippen molar-refractivity contribution in [3.63, 3.8) is 0 Å². The molecule has 5 nitrogen and oxygen atoms in total. The predicted molar refractivity (Wildman–Crippen MR) is 70.2 cm³/mol. The minimum absolute atomic E-state index is 0.0149.